The lowest BCUT2D eigenvalue weighted by Gasteiger charge is -2.30. The standard InChI is InChI=1S/C33H24BF2N3/c35-34(36)37-23-7-13-31(37)33(32-14-8-24-38(32)34)27-17-15-25(16-18-27)26-19-21-30(22-20-26)39(28-9-3-1-4-10-28)29-11-5-2-6-12-29/h1-24H. The summed E-state index contributed by atoms with van der Waals surface area (Å²) in [4.78, 5) is 2.23. The number of hydrogen-bond acceptors (Lipinski definition) is 1. The van der Waals surface area contributed by atoms with E-state index in [-0.39, 0.29) is 0 Å². The Morgan fingerprint density at radius 2 is 1.13 bits per heavy atom. The van der Waals surface area contributed by atoms with Crippen molar-refractivity contribution < 1.29 is 13.1 Å². The van der Waals surface area contributed by atoms with E-state index in [9.17, 15) is 0 Å². The fraction of sp³-hybridized carbons (Fsp3) is 0. The van der Waals surface area contributed by atoms with E-state index < -0.39 is 6.97 Å². The number of anilines is 3. The van der Waals surface area contributed by atoms with Crippen molar-refractivity contribution in [2.24, 2.45) is 0 Å². The molecule has 188 valence electrons. The molecule has 0 radical (unpaired) electrons. The van der Waals surface area contributed by atoms with E-state index in [1.54, 1.807) is 24.3 Å². The van der Waals surface area contributed by atoms with E-state index in [4.69, 9.17) is 0 Å². The van der Waals surface area contributed by atoms with Gasteiger partial charge in [0.2, 0.25) is 0 Å². The van der Waals surface area contributed by atoms with Crippen LogP contribution in [0.2, 0.25) is 0 Å². The number of allylic oxidation sites excluding steroid dienone is 2. The second-order valence-electron chi connectivity index (χ2n) is 9.70. The van der Waals surface area contributed by atoms with Crippen molar-refractivity contribution >= 4 is 35.8 Å². The molecule has 39 heavy (non-hydrogen) atoms. The highest BCUT2D eigenvalue weighted by molar-refractivity contribution is 6.57. The lowest BCUT2D eigenvalue weighted by Crippen LogP contribution is -2.49. The first-order chi connectivity index (χ1) is 19.1. The van der Waals surface area contributed by atoms with E-state index in [1.807, 2.05) is 48.5 Å². The molecule has 0 amide bonds. The number of fused-ring (bicyclic) bond motifs is 2. The highest BCUT2D eigenvalue weighted by Crippen LogP contribution is 2.39. The third kappa shape index (κ3) is 3.84. The third-order valence-corrected chi connectivity index (χ3v) is 7.40. The number of benzene rings is 4. The highest BCUT2D eigenvalue weighted by Gasteiger charge is 2.51. The molecule has 3 heterocycles. The molecule has 1 aromatic heterocycles. The van der Waals surface area contributed by atoms with Crippen LogP contribution in [0.4, 0.5) is 25.7 Å². The first-order valence-corrected chi connectivity index (χ1v) is 13.0. The third-order valence-electron chi connectivity index (χ3n) is 7.40. The molecule has 3 nitrogen and oxygen atoms in total. The van der Waals surface area contributed by atoms with Gasteiger partial charge >= 0.3 is 6.97 Å². The molecular weight excluding hydrogens is 487 g/mol. The zero-order chi connectivity index (χ0) is 26.4. The molecule has 0 N–H and O–H groups in total. The topological polar surface area (TPSA) is 11.2 Å². The molecule has 5 aromatic rings. The van der Waals surface area contributed by atoms with Crippen LogP contribution in [0.15, 0.2) is 145 Å². The quantitative estimate of drug-likeness (QED) is 0.216. The van der Waals surface area contributed by atoms with Gasteiger partial charge < -0.3 is 22.5 Å². The number of rotatable bonds is 5. The summed E-state index contributed by atoms with van der Waals surface area (Å²) >= 11 is 0. The van der Waals surface area contributed by atoms with Gasteiger partial charge in [0, 0.05) is 34.9 Å². The predicted octanol–water partition coefficient (Wildman–Crippen LogP) is 8.27. The van der Waals surface area contributed by atoms with Gasteiger partial charge in [-0.1, -0.05) is 72.8 Å². The minimum Gasteiger partial charge on any atom is -0.396 e. The van der Waals surface area contributed by atoms with Crippen molar-refractivity contribution in [1.29, 1.82) is 0 Å². The maximum atomic E-state index is 15.1. The average Bonchev–Trinajstić information content (AvgIpc) is 3.67. The van der Waals surface area contributed by atoms with Gasteiger partial charge in [0.15, 0.2) is 5.70 Å². The van der Waals surface area contributed by atoms with Gasteiger partial charge in [-0.3, -0.25) is 0 Å². The molecule has 6 heteroatoms. The molecule has 0 bridgehead atoms. The summed E-state index contributed by atoms with van der Waals surface area (Å²) in [6, 6.07) is 40.7. The molecule has 0 atom stereocenters. The Kier molecular flexibility index (Phi) is 5.41. The predicted molar refractivity (Wildman–Crippen MR) is 156 cm³/mol. The Balaban J connectivity index is 1.22. The van der Waals surface area contributed by atoms with Gasteiger partial charge in [0.1, 0.15) is 6.21 Å². The Morgan fingerprint density at radius 3 is 1.74 bits per heavy atom. The van der Waals surface area contributed by atoms with Gasteiger partial charge in [-0.2, -0.15) is 0 Å². The molecule has 0 unspecified atom stereocenters. The van der Waals surface area contributed by atoms with Crippen LogP contribution in [0, 0.1) is 0 Å². The SMILES string of the molecule is F[B-]1(F)n2cccc2C(c2ccc(-c3ccc(N(c4ccccc4)c4ccccc4)cc3)cc2)=C2C=CC=[N+]21. The van der Waals surface area contributed by atoms with Crippen LogP contribution >= 0.6 is 0 Å². The molecule has 2 aliphatic rings. The zero-order valence-electron chi connectivity index (χ0n) is 21.0. The number of halogens is 2. The van der Waals surface area contributed by atoms with E-state index in [2.05, 4.69) is 65.6 Å². The summed E-state index contributed by atoms with van der Waals surface area (Å²) in [6.45, 7) is -3.90. The maximum absolute atomic E-state index is 15.1. The van der Waals surface area contributed by atoms with E-state index >= 15 is 8.63 Å². The molecule has 4 aromatic carbocycles. The summed E-state index contributed by atoms with van der Waals surface area (Å²) in [5.74, 6) is 0. The van der Waals surface area contributed by atoms with Crippen molar-refractivity contribution in [1.82, 2.24) is 4.48 Å². The molecule has 7 rings (SSSR count). The molecule has 0 saturated heterocycles. The second-order valence-corrected chi connectivity index (χ2v) is 9.70. The van der Waals surface area contributed by atoms with E-state index in [1.165, 1.54) is 12.4 Å². The molecular formula is C33H24BF2N3. The van der Waals surface area contributed by atoms with Gasteiger partial charge in [-0.25, -0.2) is 0 Å². The molecule has 0 aliphatic carbocycles. The number of aromatic nitrogens is 1. The van der Waals surface area contributed by atoms with Crippen LogP contribution in [0.1, 0.15) is 11.3 Å². The lowest BCUT2D eigenvalue weighted by atomic mass is 9.86. The molecule has 0 fully saturated rings. The number of para-hydroxylation sites is 2. The molecule has 0 saturated carbocycles. The first kappa shape index (κ1) is 23.2. The smallest absolute Gasteiger partial charge is 0.396 e. The summed E-state index contributed by atoms with van der Waals surface area (Å²) in [5, 5.41) is 0. The average molecular weight is 511 g/mol. The van der Waals surface area contributed by atoms with Crippen LogP contribution in [-0.2, 0) is 0 Å². The highest BCUT2D eigenvalue weighted by atomic mass is 19.2. The van der Waals surface area contributed by atoms with Crippen LogP contribution in [0.25, 0.3) is 16.7 Å². The number of hydrogen-bond donors (Lipinski definition) is 0. The van der Waals surface area contributed by atoms with Crippen LogP contribution in [0.5, 0.6) is 0 Å². The van der Waals surface area contributed by atoms with Crippen molar-refractivity contribution in [3.05, 3.63) is 157 Å². The number of nitrogens with zero attached hydrogens (tertiary/aromatic N) is 3. The van der Waals surface area contributed by atoms with Crippen molar-refractivity contribution in [2.75, 3.05) is 4.90 Å². The molecule has 0 spiro atoms. The molecule has 2 aliphatic heterocycles. The Labute approximate surface area is 226 Å². The van der Waals surface area contributed by atoms with Gasteiger partial charge in [0.05, 0.1) is 5.57 Å². The summed E-state index contributed by atoms with van der Waals surface area (Å²) in [5.41, 5.74) is 8.17. The fourth-order valence-electron chi connectivity index (χ4n) is 5.55. The van der Waals surface area contributed by atoms with Gasteiger partial charge in [-0.15, -0.1) is 0 Å². The normalized spacial score (nSPS) is 15.1. The first-order valence-electron chi connectivity index (χ1n) is 13.0. The summed E-state index contributed by atoms with van der Waals surface area (Å²) in [7, 11) is 0. The van der Waals surface area contributed by atoms with Gasteiger partial charge in [-0.05, 0) is 71.4 Å². The Hall–Kier alpha value is -4.97. The fourth-order valence-corrected chi connectivity index (χ4v) is 5.55. The minimum absolute atomic E-state index is 0.533. The monoisotopic (exact) mass is 511 g/mol. The van der Waals surface area contributed by atoms with E-state index in [0.29, 0.717) is 11.4 Å². The summed E-state index contributed by atoms with van der Waals surface area (Å²) < 4.78 is 32.4. The lowest BCUT2D eigenvalue weighted by molar-refractivity contribution is -0.356. The summed E-state index contributed by atoms with van der Waals surface area (Å²) in [6.07, 6.45) is 6.37. The zero-order valence-corrected chi connectivity index (χ0v) is 21.0. The van der Waals surface area contributed by atoms with Crippen LogP contribution in [0.3, 0.4) is 0 Å². The van der Waals surface area contributed by atoms with E-state index in [0.717, 1.165) is 48.3 Å². The van der Waals surface area contributed by atoms with Crippen LogP contribution in [-0.4, -0.2) is 22.1 Å². The van der Waals surface area contributed by atoms with Gasteiger partial charge in [0.25, 0.3) is 0 Å². The largest absolute Gasteiger partial charge is 0.737 e. The Morgan fingerprint density at radius 1 is 0.590 bits per heavy atom. The maximum Gasteiger partial charge on any atom is 0.737 e. The van der Waals surface area contributed by atoms with Crippen molar-refractivity contribution in [3.8, 4) is 11.1 Å². The minimum atomic E-state index is -3.90. The van der Waals surface area contributed by atoms with Crippen molar-refractivity contribution in [3.63, 3.8) is 0 Å². The van der Waals surface area contributed by atoms with Crippen molar-refractivity contribution in [2.45, 2.75) is 0 Å². The Bertz CT molecular complexity index is 1710. The second kappa shape index (κ2) is 9.10. The van der Waals surface area contributed by atoms with Crippen LogP contribution < -0.4 is 4.90 Å².